The topological polar surface area (TPSA) is 0 Å². The molecule has 0 aliphatic carbocycles. The van der Waals surface area contributed by atoms with Gasteiger partial charge in [0.15, 0.2) is 0 Å². The lowest BCUT2D eigenvalue weighted by Crippen LogP contribution is -1.84. The summed E-state index contributed by atoms with van der Waals surface area (Å²) in [6.45, 7) is 14.0. The Balaban J connectivity index is 0.000000434. The Morgan fingerprint density at radius 3 is 2.12 bits per heavy atom. The molecule has 0 bridgehead atoms. The van der Waals surface area contributed by atoms with Crippen molar-refractivity contribution in [3.8, 4) is 11.1 Å². The first-order chi connectivity index (χ1) is 12.2. The van der Waals surface area contributed by atoms with Gasteiger partial charge >= 0.3 is 0 Å². The molecule has 2 aromatic rings. The third kappa shape index (κ3) is 10.2. The second-order valence-electron chi connectivity index (χ2n) is 5.58. The van der Waals surface area contributed by atoms with E-state index < -0.39 is 0 Å². The van der Waals surface area contributed by atoms with Crippen molar-refractivity contribution >= 4 is 0 Å². The Morgan fingerprint density at radius 1 is 0.960 bits per heavy atom. The standard InChI is InChI=1S/C13H12.C10H16.C2H6/c1-11-7-5-6-10-13(11)12-8-3-2-4-9-12;1-4-6-8-10(3)9-7-5-2;1-2/h2-10H,1H3;4-8,10H,1,9H2,2-3H3;1-2H3/b;7-5-,8-6-;. The van der Waals surface area contributed by atoms with Crippen molar-refractivity contribution in [3.05, 3.63) is 97.1 Å². The number of aryl methyl sites for hydroxylation is 1. The first-order valence-electron chi connectivity index (χ1n) is 9.20. The molecular formula is C25H34. The molecule has 0 radical (unpaired) electrons. The Bertz CT molecular complexity index is 617. The summed E-state index contributed by atoms with van der Waals surface area (Å²) in [5.74, 6) is 0.634. The molecule has 0 aromatic heterocycles. The van der Waals surface area contributed by atoms with Crippen molar-refractivity contribution in [2.24, 2.45) is 5.92 Å². The minimum absolute atomic E-state index is 0.634. The highest BCUT2D eigenvalue weighted by molar-refractivity contribution is 5.66. The molecule has 0 heterocycles. The van der Waals surface area contributed by atoms with Crippen LogP contribution in [0.15, 0.2) is 91.6 Å². The minimum Gasteiger partial charge on any atom is -0.0991 e. The predicted molar refractivity (Wildman–Crippen MR) is 116 cm³/mol. The fourth-order valence-electron chi connectivity index (χ4n) is 2.21. The maximum atomic E-state index is 3.61. The lowest BCUT2D eigenvalue weighted by molar-refractivity contribution is 0.744. The lowest BCUT2D eigenvalue weighted by Gasteiger charge is -2.04. The van der Waals surface area contributed by atoms with Crippen molar-refractivity contribution in [2.75, 3.05) is 0 Å². The summed E-state index contributed by atoms with van der Waals surface area (Å²) in [6.07, 6.45) is 11.4. The first-order valence-corrected chi connectivity index (χ1v) is 9.20. The van der Waals surface area contributed by atoms with Crippen LogP contribution in [0.2, 0.25) is 0 Å². The summed E-state index contributed by atoms with van der Waals surface area (Å²) in [7, 11) is 0. The minimum atomic E-state index is 0.634. The van der Waals surface area contributed by atoms with E-state index in [1.807, 2.05) is 39.0 Å². The van der Waals surface area contributed by atoms with Crippen LogP contribution in [0.1, 0.15) is 39.7 Å². The van der Waals surface area contributed by atoms with Gasteiger partial charge in [0.1, 0.15) is 0 Å². The maximum Gasteiger partial charge on any atom is -0.0155 e. The van der Waals surface area contributed by atoms with Crippen LogP contribution >= 0.6 is 0 Å². The molecule has 0 aliphatic rings. The zero-order valence-electron chi connectivity index (χ0n) is 16.6. The smallest absolute Gasteiger partial charge is 0.0155 e. The highest BCUT2D eigenvalue weighted by atomic mass is 14.0. The molecule has 0 nitrogen and oxygen atoms in total. The van der Waals surface area contributed by atoms with Crippen LogP contribution in [0.25, 0.3) is 11.1 Å². The molecule has 0 aliphatic heterocycles. The Kier molecular flexibility index (Phi) is 13.8. The summed E-state index contributed by atoms with van der Waals surface area (Å²) in [5.41, 5.74) is 3.94. The van der Waals surface area contributed by atoms with E-state index in [4.69, 9.17) is 0 Å². The number of rotatable bonds is 5. The average Bonchev–Trinajstić information content (AvgIpc) is 2.68. The molecule has 134 valence electrons. The number of hydrogen-bond acceptors (Lipinski definition) is 0. The predicted octanol–water partition coefficient (Wildman–Crippen LogP) is 8.02. The second-order valence-corrected chi connectivity index (χ2v) is 5.58. The largest absolute Gasteiger partial charge is 0.0991 e. The third-order valence-electron chi connectivity index (χ3n) is 3.55. The normalized spacial score (nSPS) is 11.2. The molecule has 1 atom stereocenters. The van der Waals surface area contributed by atoms with E-state index >= 15 is 0 Å². The molecule has 2 rings (SSSR count). The van der Waals surface area contributed by atoms with E-state index in [0.717, 1.165) is 6.42 Å². The van der Waals surface area contributed by atoms with Gasteiger partial charge in [-0.25, -0.2) is 0 Å². The van der Waals surface area contributed by atoms with E-state index in [1.165, 1.54) is 16.7 Å². The van der Waals surface area contributed by atoms with Crippen molar-refractivity contribution in [3.63, 3.8) is 0 Å². The Morgan fingerprint density at radius 2 is 1.56 bits per heavy atom. The Labute approximate surface area is 155 Å². The molecule has 0 fully saturated rings. The zero-order chi connectivity index (χ0) is 18.9. The highest BCUT2D eigenvalue weighted by Gasteiger charge is 1.97. The van der Waals surface area contributed by atoms with E-state index in [2.05, 4.69) is 87.2 Å². The first kappa shape index (κ1) is 22.7. The van der Waals surface area contributed by atoms with Gasteiger partial charge in [0.2, 0.25) is 0 Å². The SMILES string of the molecule is C=C/C=C\C(C)C/C=C\C.CC.Cc1ccccc1-c1ccccc1. The monoisotopic (exact) mass is 334 g/mol. The molecule has 1 unspecified atom stereocenters. The van der Waals surface area contributed by atoms with Crippen molar-refractivity contribution in [1.82, 2.24) is 0 Å². The molecule has 0 heteroatoms. The second kappa shape index (κ2) is 15.2. The van der Waals surface area contributed by atoms with Crippen LogP contribution < -0.4 is 0 Å². The number of hydrogen-bond donors (Lipinski definition) is 0. The molecule has 0 amide bonds. The van der Waals surface area contributed by atoms with E-state index in [9.17, 15) is 0 Å². The van der Waals surface area contributed by atoms with Crippen molar-refractivity contribution < 1.29 is 0 Å². The highest BCUT2D eigenvalue weighted by Crippen LogP contribution is 2.21. The van der Waals surface area contributed by atoms with Crippen molar-refractivity contribution in [1.29, 1.82) is 0 Å². The van der Waals surface area contributed by atoms with Gasteiger partial charge in [-0.3, -0.25) is 0 Å². The van der Waals surface area contributed by atoms with Crippen LogP contribution in [0, 0.1) is 12.8 Å². The molecule has 0 spiro atoms. The number of benzene rings is 2. The summed E-state index contributed by atoms with van der Waals surface area (Å²) in [6, 6.07) is 18.9. The van der Waals surface area contributed by atoms with Gasteiger partial charge in [0, 0.05) is 0 Å². The fourth-order valence-corrected chi connectivity index (χ4v) is 2.21. The number of allylic oxidation sites excluding steroid dienone is 5. The Hall–Kier alpha value is -2.34. The summed E-state index contributed by atoms with van der Waals surface area (Å²) in [4.78, 5) is 0. The van der Waals surface area contributed by atoms with E-state index in [0.29, 0.717) is 5.92 Å². The molecule has 0 saturated carbocycles. The summed E-state index contributed by atoms with van der Waals surface area (Å²) >= 11 is 0. The summed E-state index contributed by atoms with van der Waals surface area (Å²) in [5, 5.41) is 0. The molecule has 0 N–H and O–H groups in total. The van der Waals surface area contributed by atoms with Crippen LogP contribution in [0.5, 0.6) is 0 Å². The zero-order valence-corrected chi connectivity index (χ0v) is 16.6. The van der Waals surface area contributed by atoms with Gasteiger partial charge in [-0.15, -0.1) is 0 Å². The lowest BCUT2D eigenvalue weighted by atomic mass is 10.0. The van der Waals surface area contributed by atoms with Crippen LogP contribution in [0.3, 0.4) is 0 Å². The van der Waals surface area contributed by atoms with Gasteiger partial charge in [-0.1, -0.05) is 112 Å². The van der Waals surface area contributed by atoms with Crippen LogP contribution in [-0.2, 0) is 0 Å². The van der Waals surface area contributed by atoms with Gasteiger partial charge in [-0.2, -0.15) is 0 Å². The van der Waals surface area contributed by atoms with Crippen molar-refractivity contribution in [2.45, 2.75) is 41.0 Å². The van der Waals surface area contributed by atoms with Gasteiger partial charge in [0.25, 0.3) is 0 Å². The summed E-state index contributed by atoms with van der Waals surface area (Å²) < 4.78 is 0. The van der Waals surface area contributed by atoms with E-state index in [-0.39, 0.29) is 0 Å². The van der Waals surface area contributed by atoms with E-state index in [1.54, 1.807) is 0 Å². The van der Waals surface area contributed by atoms with Gasteiger partial charge in [-0.05, 0) is 42.9 Å². The molecule has 25 heavy (non-hydrogen) atoms. The average molecular weight is 335 g/mol. The van der Waals surface area contributed by atoms with Gasteiger partial charge < -0.3 is 0 Å². The maximum absolute atomic E-state index is 3.61. The van der Waals surface area contributed by atoms with Crippen LogP contribution in [-0.4, -0.2) is 0 Å². The third-order valence-corrected chi connectivity index (χ3v) is 3.55. The quantitative estimate of drug-likeness (QED) is 0.383. The van der Waals surface area contributed by atoms with Gasteiger partial charge in [0.05, 0.1) is 0 Å². The molecule has 0 saturated heterocycles. The fraction of sp³-hybridized carbons (Fsp3) is 0.280. The molecular weight excluding hydrogens is 300 g/mol. The van der Waals surface area contributed by atoms with Crippen LogP contribution in [0.4, 0.5) is 0 Å². The molecule has 2 aromatic carbocycles.